The Balaban J connectivity index is 1.05. The summed E-state index contributed by atoms with van der Waals surface area (Å²) in [5, 5.41) is 17.5. The third-order valence-electron chi connectivity index (χ3n) is 9.17. The van der Waals surface area contributed by atoms with Gasteiger partial charge in [-0.3, -0.25) is 9.58 Å². The molecule has 11 heteroatoms. The molecule has 7 rings (SSSR count). The molecule has 38 heavy (non-hydrogen) atoms. The highest BCUT2D eigenvalue weighted by molar-refractivity contribution is 5.86. The lowest BCUT2D eigenvalue weighted by Crippen LogP contribution is -2.63. The molecule has 2 spiro atoms. The van der Waals surface area contributed by atoms with E-state index in [4.69, 9.17) is 10.5 Å². The van der Waals surface area contributed by atoms with E-state index in [0.717, 1.165) is 49.3 Å². The summed E-state index contributed by atoms with van der Waals surface area (Å²) in [6, 6.07) is 6.27. The van der Waals surface area contributed by atoms with Crippen molar-refractivity contribution in [3.05, 3.63) is 35.5 Å². The van der Waals surface area contributed by atoms with Crippen molar-refractivity contribution in [3.63, 3.8) is 0 Å². The molecule has 0 amide bonds. The van der Waals surface area contributed by atoms with Crippen LogP contribution in [-0.4, -0.2) is 68.5 Å². The molecule has 0 atom stereocenters. The Morgan fingerprint density at radius 1 is 1.16 bits per heavy atom. The zero-order valence-electron chi connectivity index (χ0n) is 21.5. The van der Waals surface area contributed by atoms with Crippen molar-refractivity contribution in [2.24, 2.45) is 16.7 Å². The Bertz CT molecular complexity index is 1390. The molecule has 2 aromatic heterocycles. The number of likely N-dealkylation sites (tertiary alicyclic amines) is 1. The van der Waals surface area contributed by atoms with Gasteiger partial charge in [-0.25, -0.2) is 13.8 Å². The maximum absolute atomic E-state index is 13.6. The van der Waals surface area contributed by atoms with Crippen molar-refractivity contribution < 1.29 is 18.6 Å². The van der Waals surface area contributed by atoms with Crippen molar-refractivity contribution in [3.8, 4) is 5.75 Å². The Morgan fingerprint density at radius 3 is 2.61 bits per heavy atom. The molecule has 4 aliphatic rings. The first-order valence-corrected chi connectivity index (χ1v) is 13.3. The van der Waals surface area contributed by atoms with Crippen LogP contribution in [0, 0.1) is 16.7 Å². The van der Waals surface area contributed by atoms with Gasteiger partial charge in [0.05, 0.1) is 26.0 Å². The number of hydrogen-bond acceptors (Lipinski definition) is 8. The second-order valence-electron chi connectivity index (χ2n) is 12.1. The van der Waals surface area contributed by atoms with Crippen molar-refractivity contribution >= 4 is 22.8 Å². The SMILES string of the molecule is COc1cc(CN2CC3(CC(O)C3)C2)ccc1Cn1ncc2nc(N)nc(NCC3CC4(C3)CC4(F)F)c21. The first-order chi connectivity index (χ1) is 18.2. The molecule has 3 aromatic rings. The molecule has 1 aliphatic heterocycles. The summed E-state index contributed by atoms with van der Waals surface area (Å²) in [6.45, 7) is 3.95. The molecule has 4 N–H and O–H groups in total. The molecule has 4 fully saturated rings. The van der Waals surface area contributed by atoms with Gasteiger partial charge >= 0.3 is 0 Å². The smallest absolute Gasteiger partial charge is 0.254 e. The maximum atomic E-state index is 13.6. The average molecular weight is 526 g/mol. The summed E-state index contributed by atoms with van der Waals surface area (Å²) in [5.41, 5.74) is 9.05. The minimum absolute atomic E-state index is 0.0253. The number of nitrogens with two attached hydrogens (primary N) is 1. The van der Waals surface area contributed by atoms with Crippen molar-refractivity contribution in [2.75, 3.05) is 37.8 Å². The number of nitrogens with one attached hydrogen (secondary N) is 1. The molecule has 3 saturated carbocycles. The summed E-state index contributed by atoms with van der Waals surface area (Å²) in [6.07, 6.45) is 4.51. The number of benzene rings is 1. The van der Waals surface area contributed by atoms with Gasteiger partial charge in [-0.05, 0) is 43.2 Å². The van der Waals surface area contributed by atoms with Crippen LogP contribution in [-0.2, 0) is 13.1 Å². The molecule has 202 valence electrons. The Labute approximate surface area is 219 Å². The van der Waals surface area contributed by atoms with E-state index in [1.54, 1.807) is 13.3 Å². The van der Waals surface area contributed by atoms with E-state index in [0.29, 0.717) is 42.7 Å². The zero-order valence-corrected chi connectivity index (χ0v) is 21.5. The maximum Gasteiger partial charge on any atom is 0.254 e. The quantitative estimate of drug-likeness (QED) is 0.411. The highest BCUT2D eigenvalue weighted by Crippen LogP contribution is 2.72. The number of halogens is 2. The van der Waals surface area contributed by atoms with Crippen LogP contribution in [0.1, 0.15) is 43.2 Å². The number of nitrogen functional groups attached to an aromatic ring is 1. The van der Waals surface area contributed by atoms with Gasteiger partial charge in [0.2, 0.25) is 5.95 Å². The molecule has 1 saturated heterocycles. The molecule has 1 aromatic carbocycles. The van der Waals surface area contributed by atoms with Crippen molar-refractivity contribution in [1.29, 1.82) is 0 Å². The number of aliphatic hydroxyl groups excluding tert-OH is 1. The predicted molar refractivity (Wildman–Crippen MR) is 138 cm³/mol. The van der Waals surface area contributed by atoms with E-state index < -0.39 is 11.3 Å². The van der Waals surface area contributed by atoms with Gasteiger partial charge in [-0.15, -0.1) is 0 Å². The van der Waals surface area contributed by atoms with Crippen molar-refractivity contribution in [1.82, 2.24) is 24.6 Å². The zero-order chi connectivity index (χ0) is 26.3. The summed E-state index contributed by atoms with van der Waals surface area (Å²) in [4.78, 5) is 11.2. The molecule has 3 heterocycles. The first kappa shape index (κ1) is 24.0. The van der Waals surface area contributed by atoms with Gasteiger partial charge in [0.25, 0.3) is 5.92 Å². The van der Waals surface area contributed by atoms with Crippen LogP contribution in [0.4, 0.5) is 20.5 Å². The lowest BCUT2D eigenvalue weighted by molar-refractivity contribution is -0.131. The fourth-order valence-corrected chi connectivity index (χ4v) is 7.16. The van der Waals surface area contributed by atoms with E-state index in [2.05, 4.69) is 43.5 Å². The van der Waals surface area contributed by atoms with Crippen LogP contribution < -0.4 is 15.8 Å². The van der Waals surface area contributed by atoms with E-state index in [-0.39, 0.29) is 24.4 Å². The minimum Gasteiger partial charge on any atom is -0.496 e. The van der Waals surface area contributed by atoms with Crippen LogP contribution in [0.15, 0.2) is 24.4 Å². The number of fused-ring (bicyclic) bond motifs is 1. The van der Waals surface area contributed by atoms with Crippen molar-refractivity contribution in [2.45, 2.75) is 57.2 Å². The van der Waals surface area contributed by atoms with Crippen LogP contribution in [0.25, 0.3) is 11.0 Å². The van der Waals surface area contributed by atoms with Gasteiger partial charge in [0.15, 0.2) is 5.82 Å². The van der Waals surface area contributed by atoms with Gasteiger partial charge in [0.1, 0.15) is 16.8 Å². The fourth-order valence-electron chi connectivity index (χ4n) is 7.16. The number of alkyl halides is 2. The van der Waals surface area contributed by atoms with Crippen LogP contribution in [0.3, 0.4) is 0 Å². The Kier molecular flexibility index (Phi) is 5.20. The van der Waals surface area contributed by atoms with E-state index in [9.17, 15) is 13.9 Å². The second-order valence-corrected chi connectivity index (χ2v) is 12.1. The summed E-state index contributed by atoms with van der Waals surface area (Å²) in [5.74, 6) is -0.798. The fraction of sp³-hybridized carbons (Fsp3) is 0.593. The highest BCUT2D eigenvalue weighted by Gasteiger charge is 2.75. The van der Waals surface area contributed by atoms with Crippen LogP contribution >= 0.6 is 0 Å². The Hall–Kier alpha value is -3.05. The van der Waals surface area contributed by atoms with E-state index in [1.807, 2.05) is 4.68 Å². The molecule has 9 nitrogen and oxygen atoms in total. The monoisotopic (exact) mass is 525 g/mol. The molecule has 0 bridgehead atoms. The Morgan fingerprint density at radius 2 is 1.92 bits per heavy atom. The molecule has 0 unspecified atom stereocenters. The van der Waals surface area contributed by atoms with Crippen LogP contribution in [0.2, 0.25) is 0 Å². The van der Waals surface area contributed by atoms with Gasteiger partial charge in [-0.2, -0.15) is 10.1 Å². The topological polar surface area (TPSA) is 114 Å². The number of aromatic nitrogens is 4. The van der Waals surface area contributed by atoms with E-state index in [1.165, 1.54) is 5.56 Å². The number of nitrogens with zero attached hydrogens (tertiary/aromatic N) is 5. The third-order valence-corrected chi connectivity index (χ3v) is 9.17. The lowest BCUT2D eigenvalue weighted by atomic mass is 9.62. The number of ether oxygens (including phenoxy) is 1. The highest BCUT2D eigenvalue weighted by atomic mass is 19.3. The number of anilines is 2. The predicted octanol–water partition coefficient (Wildman–Crippen LogP) is 3.27. The van der Waals surface area contributed by atoms with Gasteiger partial charge in [-0.1, -0.05) is 12.1 Å². The molecular weight excluding hydrogens is 492 g/mol. The molecular formula is C27H33F2N7O2. The first-order valence-electron chi connectivity index (χ1n) is 13.3. The number of aliphatic hydroxyl groups is 1. The normalized spacial score (nSPS) is 24.7. The summed E-state index contributed by atoms with van der Waals surface area (Å²) in [7, 11) is 1.67. The minimum atomic E-state index is -2.49. The van der Waals surface area contributed by atoms with E-state index >= 15 is 0 Å². The number of hydrogen-bond donors (Lipinski definition) is 3. The van der Waals surface area contributed by atoms with Gasteiger partial charge < -0.3 is 20.9 Å². The third kappa shape index (κ3) is 3.89. The largest absolute Gasteiger partial charge is 0.496 e. The summed E-state index contributed by atoms with van der Waals surface area (Å²) >= 11 is 0. The van der Waals surface area contributed by atoms with Gasteiger partial charge in [0, 0.05) is 49.0 Å². The molecule has 0 radical (unpaired) electrons. The standard InChI is InChI=1S/C27H33F2N7O2/c1-38-21-4-16(11-35-14-25(15-35)7-19(37)8-25)2-3-18(21)12-36-22-20(10-32-36)33-24(30)34-23(22)31-9-17-5-26(6-17)13-27(26,28)29/h2-4,10,17,19,37H,5-9,11-15H2,1H3,(H3,30,31,33,34). The second kappa shape index (κ2) is 8.22. The van der Waals surface area contributed by atoms with Crippen LogP contribution in [0.5, 0.6) is 5.75 Å². The average Bonchev–Trinajstić information content (AvgIpc) is 3.17. The molecule has 3 aliphatic carbocycles. The number of methoxy groups -OCH3 is 1. The lowest BCUT2D eigenvalue weighted by Gasteiger charge is -2.58. The number of rotatable bonds is 8. The summed E-state index contributed by atoms with van der Waals surface area (Å²) < 4.78 is 34.7.